The Hall–Kier alpha value is -5.35. The highest BCUT2D eigenvalue weighted by atomic mass is 16.2. The Morgan fingerprint density at radius 3 is 1.71 bits per heavy atom. The van der Waals surface area contributed by atoms with Gasteiger partial charge in [0.25, 0.3) is 11.1 Å². The van der Waals surface area contributed by atoms with E-state index in [9.17, 15) is 14.4 Å². The number of carbonyl (C=O) groups excluding carboxylic acids is 1. The third-order valence-electron chi connectivity index (χ3n) is 9.56. The van der Waals surface area contributed by atoms with Gasteiger partial charge in [-0.05, 0) is 83.2 Å². The summed E-state index contributed by atoms with van der Waals surface area (Å²) in [4.78, 5) is 40.2. The number of benzene rings is 7. The molecule has 0 saturated heterocycles. The molecule has 8 rings (SSSR count). The minimum Gasteiger partial charge on any atom is -0.298 e. The third kappa shape index (κ3) is 3.75. The Labute approximate surface area is 259 Å². The van der Waals surface area contributed by atoms with E-state index in [1.807, 2.05) is 60.7 Å². The first-order chi connectivity index (χ1) is 21.8. The van der Waals surface area contributed by atoms with Crippen LogP contribution in [-0.4, -0.2) is 10.9 Å². The molecule has 218 valence electrons. The van der Waals surface area contributed by atoms with Gasteiger partial charge in [-0.3, -0.25) is 14.4 Å². The average Bonchev–Trinajstić information content (AvgIpc) is 3.31. The SMILES string of the molecule is CC(C)c1cccc(C(C)C)c1-n1c(=O)c2cc3c4ccc(-c5ccc(C=O)cc5)c5cccc(c6cccc(c2c1=O)c63)c54. The fourth-order valence-corrected chi connectivity index (χ4v) is 7.47. The van der Waals surface area contributed by atoms with Gasteiger partial charge in [0.2, 0.25) is 0 Å². The summed E-state index contributed by atoms with van der Waals surface area (Å²) in [6, 6.07) is 32.4. The van der Waals surface area contributed by atoms with Gasteiger partial charge >= 0.3 is 0 Å². The minimum absolute atomic E-state index is 0.139. The molecule has 0 amide bonds. The third-order valence-corrected chi connectivity index (χ3v) is 9.56. The monoisotopic (exact) mass is 585 g/mol. The summed E-state index contributed by atoms with van der Waals surface area (Å²) in [7, 11) is 0. The zero-order chi connectivity index (χ0) is 31.1. The summed E-state index contributed by atoms with van der Waals surface area (Å²) >= 11 is 0. The van der Waals surface area contributed by atoms with Crippen LogP contribution in [0.5, 0.6) is 0 Å². The lowest BCUT2D eigenvalue weighted by atomic mass is 9.86. The molecule has 4 heteroatoms. The van der Waals surface area contributed by atoms with Gasteiger partial charge in [0.05, 0.1) is 16.5 Å². The van der Waals surface area contributed by atoms with Crippen molar-refractivity contribution in [3.63, 3.8) is 0 Å². The van der Waals surface area contributed by atoms with E-state index in [2.05, 4.69) is 64.1 Å². The second-order valence-electron chi connectivity index (χ2n) is 12.7. The Bertz CT molecular complexity index is 2560. The highest BCUT2D eigenvalue weighted by molar-refractivity contribution is 6.37. The van der Waals surface area contributed by atoms with Crippen molar-refractivity contribution in [1.29, 1.82) is 0 Å². The van der Waals surface area contributed by atoms with Crippen LogP contribution in [0.1, 0.15) is 61.0 Å². The molecule has 0 aliphatic carbocycles. The molecule has 0 unspecified atom stereocenters. The van der Waals surface area contributed by atoms with Crippen molar-refractivity contribution in [2.24, 2.45) is 0 Å². The van der Waals surface area contributed by atoms with Crippen LogP contribution in [0.2, 0.25) is 0 Å². The smallest absolute Gasteiger partial charge is 0.266 e. The highest BCUT2D eigenvalue weighted by Gasteiger charge is 2.25. The molecule has 0 atom stereocenters. The number of nitrogens with zero attached hydrogens (tertiary/aromatic N) is 1. The molecule has 1 heterocycles. The molecule has 0 bridgehead atoms. The van der Waals surface area contributed by atoms with Crippen LogP contribution in [0.15, 0.2) is 107 Å². The van der Waals surface area contributed by atoms with Crippen LogP contribution >= 0.6 is 0 Å². The maximum Gasteiger partial charge on any atom is 0.266 e. The zero-order valence-corrected chi connectivity index (χ0v) is 25.6. The van der Waals surface area contributed by atoms with E-state index in [1.165, 1.54) is 4.57 Å². The van der Waals surface area contributed by atoms with Gasteiger partial charge in [-0.25, -0.2) is 4.57 Å². The van der Waals surface area contributed by atoms with Crippen molar-refractivity contribution in [3.05, 3.63) is 134 Å². The molecular weight excluding hydrogens is 554 g/mol. The Balaban J connectivity index is 1.53. The van der Waals surface area contributed by atoms with Crippen molar-refractivity contribution >= 4 is 60.1 Å². The van der Waals surface area contributed by atoms with E-state index in [-0.39, 0.29) is 23.0 Å². The van der Waals surface area contributed by atoms with Crippen LogP contribution in [0.3, 0.4) is 0 Å². The van der Waals surface area contributed by atoms with Crippen molar-refractivity contribution in [1.82, 2.24) is 4.57 Å². The number of aldehydes is 1. The van der Waals surface area contributed by atoms with Gasteiger partial charge < -0.3 is 0 Å². The lowest BCUT2D eigenvalue weighted by Gasteiger charge is -2.19. The van der Waals surface area contributed by atoms with E-state index >= 15 is 0 Å². The normalized spacial score (nSPS) is 12.2. The summed E-state index contributed by atoms with van der Waals surface area (Å²) in [5.74, 6) is 0.278. The molecule has 0 radical (unpaired) electrons. The minimum atomic E-state index is -0.268. The van der Waals surface area contributed by atoms with Gasteiger partial charge in [0.15, 0.2) is 0 Å². The quantitative estimate of drug-likeness (QED) is 0.115. The predicted octanol–water partition coefficient (Wildman–Crippen LogP) is 9.57. The molecule has 0 aliphatic heterocycles. The average molecular weight is 586 g/mol. The highest BCUT2D eigenvalue weighted by Crippen LogP contribution is 2.44. The van der Waals surface area contributed by atoms with Crippen LogP contribution < -0.4 is 11.1 Å². The number of fused-ring (bicyclic) bond motifs is 4. The number of carbonyl (C=O) groups is 1. The molecule has 4 nitrogen and oxygen atoms in total. The van der Waals surface area contributed by atoms with Crippen molar-refractivity contribution in [2.75, 3.05) is 0 Å². The van der Waals surface area contributed by atoms with Gasteiger partial charge in [-0.1, -0.05) is 119 Å². The van der Waals surface area contributed by atoms with Gasteiger partial charge in [-0.2, -0.15) is 0 Å². The second kappa shape index (κ2) is 9.83. The Morgan fingerprint density at radius 1 is 0.533 bits per heavy atom. The van der Waals surface area contributed by atoms with Crippen LogP contribution in [-0.2, 0) is 0 Å². The zero-order valence-electron chi connectivity index (χ0n) is 25.6. The maximum absolute atomic E-state index is 14.5. The number of aromatic nitrogens is 1. The number of hydrogen-bond acceptors (Lipinski definition) is 3. The van der Waals surface area contributed by atoms with Crippen molar-refractivity contribution < 1.29 is 4.79 Å². The van der Waals surface area contributed by atoms with Crippen LogP contribution in [0.25, 0.3) is 70.7 Å². The second-order valence-corrected chi connectivity index (χ2v) is 12.7. The largest absolute Gasteiger partial charge is 0.298 e. The maximum atomic E-state index is 14.5. The number of rotatable bonds is 5. The topological polar surface area (TPSA) is 56.1 Å². The molecule has 45 heavy (non-hydrogen) atoms. The van der Waals surface area contributed by atoms with Gasteiger partial charge in [0, 0.05) is 5.56 Å². The summed E-state index contributed by atoms with van der Waals surface area (Å²) in [5, 5.41) is 9.14. The first kappa shape index (κ1) is 27.2. The molecule has 0 fully saturated rings. The van der Waals surface area contributed by atoms with E-state index < -0.39 is 0 Å². The standard InChI is InChI=1S/C41H31NO3/c1-22(2)26-8-5-9-27(23(3)4)39(26)42-40(44)35-20-34-32-19-18-28(25-16-14-24(21-43)15-17-25)29-10-6-11-30(36(29)32)31-12-7-13-33(37(31)34)38(35)41(42)45/h5-23H,1-4H3. The van der Waals surface area contributed by atoms with E-state index in [0.29, 0.717) is 16.3 Å². The first-order valence-corrected chi connectivity index (χ1v) is 15.5. The molecular formula is C41H31NO3. The summed E-state index contributed by atoms with van der Waals surface area (Å²) in [5.41, 5.74) is 4.94. The van der Waals surface area contributed by atoms with E-state index in [0.717, 1.165) is 77.3 Å². The molecule has 0 spiro atoms. The molecule has 0 aliphatic rings. The molecule has 0 saturated carbocycles. The predicted molar refractivity (Wildman–Crippen MR) is 187 cm³/mol. The molecule has 0 N–H and O–H groups in total. The Kier molecular flexibility index (Phi) is 5.95. The first-order valence-electron chi connectivity index (χ1n) is 15.5. The summed E-state index contributed by atoms with van der Waals surface area (Å²) in [6.45, 7) is 8.41. The van der Waals surface area contributed by atoms with Crippen LogP contribution in [0.4, 0.5) is 0 Å². The van der Waals surface area contributed by atoms with E-state index in [1.54, 1.807) is 0 Å². The lowest BCUT2D eigenvalue weighted by molar-refractivity contribution is 0.112. The summed E-state index contributed by atoms with van der Waals surface area (Å²) < 4.78 is 1.44. The van der Waals surface area contributed by atoms with Crippen molar-refractivity contribution in [3.8, 4) is 16.8 Å². The number of hydrogen-bond donors (Lipinski definition) is 0. The van der Waals surface area contributed by atoms with Crippen LogP contribution in [0, 0.1) is 0 Å². The fraction of sp³-hybridized carbons (Fsp3) is 0.146. The number of para-hydroxylation sites is 1. The van der Waals surface area contributed by atoms with Gasteiger partial charge in [0.1, 0.15) is 6.29 Å². The van der Waals surface area contributed by atoms with Gasteiger partial charge in [-0.15, -0.1) is 0 Å². The van der Waals surface area contributed by atoms with Crippen molar-refractivity contribution in [2.45, 2.75) is 39.5 Å². The summed E-state index contributed by atoms with van der Waals surface area (Å²) in [6.07, 6.45) is 0.857. The fourth-order valence-electron chi connectivity index (χ4n) is 7.47. The van der Waals surface area contributed by atoms with E-state index in [4.69, 9.17) is 0 Å². The Morgan fingerprint density at radius 2 is 1.09 bits per heavy atom. The molecule has 8 aromatic rings. The molecule has 1 aromatic heterocycles. The molecule has 7 aromatic carbocycles. The lowest BCUT2D eigenvalue weighted by Crippen LogP contribution is -2.26.